The van der Waals surface area contributed by atoms with Crippen LogP contribution in [0.3, 0.4) is 0 Å². The maximum Gasteiger partial charge on any atom is 0.139 e. The molecule has 110 valence electrons. The van der Waals surface area contributed by atoms with E-state index in [4.69, 9.17) is 0 Å². The number of allylic oxidation sites excluding steroid dienone is 1. The van der Waals surface area contributed by atoms with Gasteiger partial charge in [0.25, 0.3) is 0 Å². The number of rotatable bonds is 0. The highest BCUT2D eigenvalue weighted by Crippen LogP contribution is 2.60. The van der Waals surface area contributed by atoms with Crippen molar-refractivity contribution in [2.24, 2.45) is 23.2 Å². The molecule has 1 unspecified atom stereocenters. The van der Waals surface area contributed by atoms with Crippen molar-refractivity contribution in [1.29, 1.82) is 0 Å². The van der Waals surface area contributed by atoms with Crippen molar-refractivity contribution in [2.45, 2.75) is 70.8 Å². The summed E-state index contributed by atoms with van der Waals surface area (Å²) in [5, 5.41) is 10.4. The zero-order valence-electron chi connectivity index (χ0n) is 12.5. The van der Waals surface area contributed by atoms with E-state index in [2.05, 4.69) is 6.92 Å². The molecular weight excluding hydrogens is 248 g/mol. The molecule has 2 heteroatoms. The van der Waals surface area contributed by atoms with Gasteiger partial charge in [-0.1, -0.05) is 18.9 Å². The lowest BCUT2D eigenvalue weighted by atomic mass is 9.54. The lowest BCUT2D eigenvalue weighted by Gasteiger charge is -2.51. The summed E-state index contributed by atoms with van der Waals surface area (Å²) < 4.78 is 0. The number of Topliss-reactive ketones (excluding diaryl/α,β-unsaturated/α-hetero) is 1. The Hall–Kier alpha value is -0.630. The molecule has 1 N–H and O–H groups in total. The molecule has 2 nitrogen and oxygen atoms in total. The number of hydrogen-bond acceptors (Lipinski definition) is 2. The SMILES string of the molecule is C[C@@]12CCC[C@H]1[C@@H]1CCC3=C(C(O)CC(=O)C3)[C@H]1CC2. The number of aliphatic hydroxyl groups excluding tert-OH is 1. The summed E-state index contributed by atoms with van der Waals surface area (Å²) >= 11 is 0. The number of carbonyl (C=O) groups excluding carboxylic acids is 1. The van der Waals surface area contributed by atoms with Crippen LogP contribution in [0, 0.1) is 23.2 Å². The first-order chi connectivity index (χ1) is 9.58. The van der Waals surface area contributed by atoms with Crippen LogP contribution in [0.25, 0.3) is 0 Å². The standard InChI is InChI=1S/C18H26O2/c1-18-7-2-3-15(18)13-5-4-11-9-12(19)10-16(20)17(11)14(13)6-8-18/h13-16,20H,2-10H2,1H3/t13-,14+,15+,16?,18+/m1/s1. The Labute approximate surface area is 121 Å². The normalized spacial score (nSPS) is 47.8. The van der Waals surface area contributed by atoms with Gasteiger partial charge < -0.3 is 5.11 Å². The molecule has 0 radical (unpaired) electrons. The smallest absolute Gasteiger partial charge is 0.139 e. The molecule has 4 rings (SSSR count). The molecule has 0 amide bonds. The van der Waals surface area contributed by atoms with E-state index in [-0.39, 0.29) is 5.78 Å². The van der Waals surface area contributed by atoms with E-state index < -0.39 is 6.10 Å². The van der Waals surface area contributed by atoms with Crippen LogP contribution in [-0.2, 0) is 4.79 Å². The molecule has 0 aromatic carbocycles. The third kappa shape index (κ3) is 1.76. The van der Waals surface area contributed by atoms with Crippen LogP contribution in [0.15, 0.2) is 11.1 Å². The molecule has 0 saturated heterocycles. The molecule has 0 aliphatic heterocycles. The average molecular weight is 274 g/mol. The molecule has 2 fully saturated rings. The maximum absolute atomic E-state index is 11.7. The molecule has 5 atom stereocenters. The van der Waals surface area contributed by atoms with Gasteiger partial charge in [0.15, 0.2) is 0 Å². The van der Waals surface area contributed by atoms with E-state index in [0.29, 0.717) is 24.2 Å². The van der Waals surface area contributed by atoms with Gasteiger partial charge >= 0.3 is 0 Å². The minimum Gasteiger partial charge on any atom is -0.388 e. The third-order valence-corrected chi connectivity index (χ3v) is 7.00. The summed E-state index contributed by atoms with van der Waals surface area (Å²) in [5.74, 6) is 2.51. The Balaban J connectivity index is 1.69. The van der Waals surface area contributed by atoms with Crippen LogP contribution in [0.2, 0.25) is 0 Å². The summed E-state index contributed by atoms with van der Waals surface area (Å²) in [5.41, 5.74) is 3.21. The maximum atomic E-state index is 11.7. The Morgan fingerprint density at radius 3 is 2.90 bits per heavy atom. The van der Waals surface area contributed by atoms with Gasteiger partial charge in [0, 0.05) is 12.8 Å². The number of ketones is 1. The zero-order chi connectivity index (χ0) is 13.9. The van der Waals surface area contributed by atoms with Crippen LogP contribution in [0.1, 0.15) is 64.7 Å². The Bertz CT molecular complexity index is 478. The summed E-state index contributed by atoms with van der Waals surface area (Å²) in [4.78, 5) is 11.7. The molecule has 2 saturated carbocycles. The van der Waals surface area contributed by atoms with Crippen molar-refractivity contribution >= 4 is 5.78 Å². The molecule has 20 heavy (non-hydrogen) atoms. The van der Waals surface area contributed by atoms with E-state index in [0.717, 1.165) is 18.3 Å². The fraction of sp³-hybridized carbons (Fsp3) is 0.833. The minimum absolute atomic E-state index is 0.246. The van der Waals surface area contributed by atoms with Gasteiger partial charge in [0.05, 0.1) is 6.10 Å². The van der Waals surface area contributed by atoms with Crippen LogP contribution >= 0.6 is 0 Å². The fourth-order valence-corrected chi connectivity index (χ4v) is 6.13. The van der Waals surface area contributed by atoms with Gasteiger partial charge in [0.2, 0.25) is 0 Å². The highest BCUT2D eigenvalue weighted by atomic mass is 16.3. The van der Waals surface area contributed by atoms with Gasteiger partial charge in [-0.25, -0.2) is 0 Å². The summed E-state index contributed by atoms with van der Waals surface area (Å²) in [7, 11) is 0. The Morgan fingerprint density at radius 1 is 1.20 bits per heavy atom. The zero-order valence-corrected chi connectivity index (χ0v) is 12.5. The fourth-order valence-electron chi connectivity index (χ4n) is 6.13. The molecule has 0 aromatic rings. The van der Waals surface area contributed by atoms with E-state index in [1.165, 1.54) is 49.7 Å². The highest BCUT2D eigenvalue weighted by molar-refractivity contribution is 5.83. The second-order valence-electron chi connectivity index (χ2n) is 7.99. The third-order valence-electron chi connectivity index (χ3n) is 7.00. The van der Waals surface area contributed by atoms with E-state index in [1.54, 1.807) is 0 Å². The molecular formula is C18H26O2. The first kappa shape index (κ1) is 13.1. The molecule has 4 aliphatic carbocycles. The minimum atomic E-state index is -0.454. The lowest BCUT2D eigenvalue weighted by molar-refractivity contribution is -0.121. The first-order valence-corrected chi connectivity index (χ1v) is 8.50. The molecule has 0 aromatic heterocycles. The highest BCUT2D eigenvalue weighted by Gasteiger charge is 2.51. The van der Waals surface area contributed by atoms with E-state index in [9.17, 15) is 9.90 Å². The van der Waals surface area contributed by atoms with Crippen molar-refractivity contribution in [3.63, 3.8) is 0 Å². The molecule has 4 aliphatic rings. The number of aliphatic hydroxyl groups is 1. The average Bonchev–Trinajstić information content (AvgIpc) is 2.79. The summed E-state index contributed by atoms with van der Waals surface area (Å²) in [6.45, 7) is 2.51. The Kier molecular flexibility index (Phi) is 2.89. The van der Waals surface area contributed by atoms with Gasteiger partial charge in [-0.2, -0.15) is 0 Å². The van der Waals surface area contributed by atoms with Crippen LogP contribution in [0.5, 0.6) is 0 Å². The van der Waals surface area contributed by atoms with Gasteiger partial charge in [-0.15, -0.1) is 0 Å². The second-order valence-corrected chi connectivity index (χ2v) is 7.99. The van der Waals surface area contributed by atoms with Crippen molar-refractivity contribution in [3.05, 3.63) is 11.1 Å². The number of fused-ring (bicyclic) bond motifs is 4. The van der Waals surface area contributed by atoms with E-state index in [1.807, 2.05) is 0 Å². The predicted molar refractivity (Wildman–Crippen MR) is 78.2 cm³/mol. The largest absolute Gasteiger partial charge is 0.388 e. The van der Waals surface area contributed by atoms with Gasteiger partial charge in [-0.3, -0.25) is 4.79 Å². The van der Waals surface area contributed by atoms with Crippen molar-refractivity contribution in [3.8, 4) is 0 Å². The molecule has 0 bridgehead atoms. The van der Waals surface area contributed by atoms with Gasteiger partial charge in [-0.05, 0) is 67.3 Å². The van der Waals surface area contributed by atoms with Gasteiger partial charge in [0.1, 0.15) is 5.78 Å². The lowest BCUT2D eigenvalue weighted by Crippen LogP contribution is -2.44. The number of carbonyl (C=O) groups is 1. The van der Waals surface area contributed by atoms with Crippen LogP contribution in [0.4, 0.5) is 0 Å². The second kappa shape index (κ2) is 4.43. The molecule has 0 spiro atoms. The predicted octanol–water partition coefficient (Wildman–Crippen LogP) is 3.63. The quantitative estimate of drug-likeness (QED) is 0.685. The van der Waals surface area contributed by atoms with Crippen molar-refractivity contribution in [2.75, 3.05) is 0 Å². The molecule has 0 heterocycles. The van der Waals surface area contributed by atoms with Crippen molar-refractivity contribution < 1.29 is 9.90 Å². The summed E-state index contributed by atoms with van der Waals surface area (Å²) in [6.07, 6.45) is 9.69. The van der Waals surface area contributed by atoms with Crippen LogP contribution in [-0.4, -0.2) is 17.0 Å². The summed E-state index contributed by atoms with van der Waals surface area (Å²) in [6, 6.07) is 0. The monoisotopic (exact) mass is 274 g/mol. The van der Waals surface area contributed by atoms with E-state index >= 15 is 0 Å². The van der Waals surface area contributed by atoms with Crippen molar-refractivity contribution in [1.82, 2.24) is 0 Å². The first-order valence-electron chi connectivity index (χ1n) is 8.50. The topological polar surface area (TPSA) is 37.3 Å². The Morgan fingerprint density at radius 2 is 2.05 bits per heavy atom. The number of hydrogen-bond donors (Lipinski definition) is 1. The van der Waals surface area contributed by atoms with Crippen LogP contribution < -0.4 is 0 Å².